The van der Waals surface area contributed by atoms with Crippen LogP contribution < -0.4 is 5.32 Å². The molecule has 1 aromatic rings. The predicted molar refractivity (Wildman–Crippen MR) is 91.4 cm³/mol. The van der Waals surface area contributed by atoms with Crippen LogP contribution in [0, 0.1) is 0 Å². The van der Waals surface area contributed by atoms with Gasteiger partial charge in [0.2, 0.25) is 0 Å². The highest BCUT2D eigenvalue weighted by atomic mass is 32.1. The average molecular weight is 290 g/mol. The Morgan fingerprint density at radius 2 is 2.00 bits per heavy atom. The van der Waals surface area contributed by atoms with Crippen LogP contribution in [0.15, 0.2) is 24.3 Å². The quantitative estimate of drug-likeness (QED) is 0.790. The van der Waals surface area contributed by atoms with E-state index in [9.17, 15) is 0 Å². The van der Waals surface area contributed by atoms with Crippen LogP contribution in [0.25, 0.3) is 0 Å². The minimum atomic E-state index is 0.503. The van der Waals surface area contributed by atoms with E-state index in [0.717, 1.165) is 17.3 Å². The Kier molecular flexibility index (Phi) is 5.41. The fourth-order valence-electron chi connectivity index (χ4n) is 2.88. The molecule has 1 heterocycles. The number of benzene rings is 1. The molecule has 0 radical (unpaired) electrons. The normalized spacial score (nSPS) is 19.8. The monoisotopic (exact) mass is 290 g/mol. The largest absolute Gasteiger partial charge is 0.346 e. The van der Waals surface area contributed by atoms with Crippen LogP contribution in [0.2, 0.25) is 0 Å². The molecular weight excluding hydrogens is 264 g/mol. The Morgan fingerprint density at radius 1 is 1.25 bits per heavy atom. The molecule has 1 unspecified atom stereocenters. The first-order chi connectivity index (χ1) is 9.59. The molecule has 0 aromatic heterocycles. The summed E-state index contributed by atoms with van der Waals surface area (Å²) in [4.78, 5) is 2.36. The van der Waals surface area contributed by atoms with Crippen LogP contribution in [0.4, 0.5) is 5.69 Å². The molecule has 1 saturated heterocycles. The number of nitrogens with one attached hydrogen (secondary N) is 1. The molecule has 0 bridgehead atoms. The van der Waals surface area contributed by atoms with Gasteiger partial charge in [0.1, 0.15) is 0 Å². The van der Waals surface area contributed by atoms with Crippen LogP contribution in [-0.4, -0.2) is 22.6 Å². The third kappa shape index (κ3) is 3.72. The molecular formula is C17H26N2S. The van der Waals surface area contributed by atoms with Gasteiger partial charge in [0.05, 0.1) is 0 Å². The van der Waals surface area contributed by atoms with Crippen LogP contribution in [0.3, 0.4) is 0 Å². The summed E-state index contributed by atoms with van der Waals surface area (Å²) in [7, 11) is 0. The lowest BCUT2D eigenvalue weighted by atomic mass is 10.0. The number of likely N-dealkylation sites (tertiary alicyclic amines) is 1. The van der Waals surface area contributed by atoms with Crippen molar-refractivity contribution >= 4 is 23.0 Å². The first-order valence-corrected chi connectivity index (χ1v) is 8.17. The van der Waals surface area contributed by atoms with Crippen molar-refractivity contribution in [1.82, 2.24) is 4.90 Å². The van der Waals surface area contributed by atoms with Crippen molar-refractivity contribution in [2.45, 2.75) is 58.4 Å². The number of thiocarbonyl (C=S) groups is 1. The van der Waals surface area contributed by atoms with Crippen LogP contribution in [0.5, 0.6) is 0 Å². The molecule has 0 spiro atoms. The molecule has 110 valence electrons. The van der Waals surface area contributed by atoms with E-state index in [1.807, 2.05) is 0 Å². The topological polar surface area (TPSA) is 15.3 Å². The second-order valence-corrected chi connectivity index (χ2v) is 6.45. The van der Waals surface area contributed by atoms with Gasteiger partial charge in [-0.05, 0) is 49.5 Å². The van der Waals surface area contributed by atoms with Gasteiger partial charge in [-0.15, -0.1) is 0 Å². The molecule has 1 atom stereocenters. The maximum atomic E-state index is 5.65. The lowest BCUT2D eigenvalue weighted by Crippen LogP contribution is -2.41. The first kappa shape index (κ1) is 15.3. The third-order valence-electron chi connectivity index (χ3n) is 4.14. The van der Waals surface area contributed by atoms with Gasteiger partial charge in [-0.2, -0.15) is 0 Å². The summed E-state index contributed by atoms with van der Waals surface area (Å²) in [6.45, 7) is 7.81. The molecule has 1 aromatic carbocycles. The Hall–Kier alpha value is -1.09. The number of anilines is 1. The average Bonchev–Trinajstić information content (AvgIpc) is 2.63. The minimum absolute atomic E-state index is 0.503. The molecule has 1 aliphatic rings. The van der Waals surface area contributed by atoms with Crippen molar-refractivity contribution in [3.63, 3.8) is 0 Å². The van der Waals surface area contributed by atoms with Crippen molar-refractivity contribution in [2.75, 3.05) is 11.9 Å². The minimum Gasteiger partial charge on any atom is -0.346 e. The van der Waals surface area contributed by atoms with Crippen LogP contribution in [0.1, 0.15) is 57.9 Å². The Bertz CT molecular complexity index is 456. The van der Waals surface area contributed by atoms with Crippen molar-refractivity contribution in [3.05, 3.63) is 29.8 Å². The van der Waals surface area contributed by atoms with E-state index in [2.05, 4.69) is 55.3 Å². The molecule has 1 aliphatic heterocycles. The summed E-state index contributed by atoms with van der Waals surface area (Å²) in [5.74, 6) is 0.503. The summed E-state index contributed by atoms with van der Waals surface area (Å²) in [5.41, 5.74) is 2.49. The van der Waals surface area contributed by atoms with Gasteiger partial charge in [-0.1, -0.05) is 44.9 Å². The summed E-state index contributed by atoms with van der Waals surface area (Å²) in [6, 6.07) is 9.02. The zero-order valence-corrected chi connectivity index (χ0v) is 13.7. The highest BCUT2D eigenvalue weighted by Gasteiger charge is 2.20. The number of para-hydroxylation sites is 1. The predicted octanol–water partition coefficient (Wildman–Crippen LogP) is 4.77. The van der Waals surface area contributed by atoms with Gasteiger partial charge in [-0.25, -0.2) is 0 Å². The zero-order valence-electron chi connectivity index (χ0n) is 12.9. The molecule has 20 heavy (non-hydrogen) atoms. The number of rotatable bonds is 2. The van der Waals surface area contributed by atoms with Crippen LogP contribution in [-0.2, 0) is 0 Å². The molecule has 1 fully saturated rings. The van der Waals surface area contributed by atoms with Crippen molar-refractivity contribution in [1.29, 1.82) is 0 Å². The highest BCUT2D eigenvalue weighted by molar-refractivity contribution is 7.80. The van der Waals surface area contributed by atoms with E-state index in [1.54, 1.807) is 0 Å². The third-order valence-corrected chi connectivity index (χ3v) is 4.47. The van der Waals surface area contributed by atoms with E-state index in [-0.39, 0.29) is 0 Å². The maximum absolute atomic E-state index is 5.65. The molecule has 0 amide bonds. The summed E-state index contributed by atoms with van der Waals surface area (Å²) < 4.78 is 0. The molecule has 0 aliphatic carbocycles. The summed E-state index contributed by atoms with van der Waals surface area (Å²) in [6.07, 6.45) is 5.14. The highest BCUT2D eigenvalue weighted by Crippen LogP contribution is 2.25. The zero-order chi connectivity index (χ0) is 14.5. The SMILES string of the molecule is CC(C)c1ccccc1NC(=S)N1CCCCCC1C. The molecule has 2 nitrogen and oxygen atoms in total. The molecule has 3 heteroatoms. The number of hydrogen-bond donors (Lipinski definition) is 1. The van der Waals surface area contributed by atoms with Gasteiger partial charge >= 0.3 is 0 Å². The second-order valence-electron chi connectivity index (χ2n) is 6.06. The van der Waals surface area contributed by atoms with Crippen molar-refractivity contribution < 1.29 is 0 Å². The van der Waals surface area contributed by atoms with E-state index >= 15 is 0 Å². The van der Waals surface area contributed by atoms with Gasteiger partial charge < -0.3 is 10.2 Å². The Balaban J connectivity index is 2.11. The van der Waals surface area contributed by atoms with E-state index in [1.165, 1.54) is 31.2 Å². The smallest absolute Gasteiger partial charge is 0.173 e. The molecule has 1 N–H and O–H groups in total. The van der Waals surface area contributed by atoms with E-state index < -0.39 is 0 Å². The fourth-order valence-corrected chi connectivity index (χ4v) is 3.26. The lowest BCUT2D eigenvalue weighted by molar-refractivity contribution is 0.341. The number of nitrogens with zero attached hydrogens (tertiary/aromatic N) is 1. The summed E-state index contributed by atoms with van der Waals surface area (Å²) in [5, 5.41) is 4.36. The summed E-state index contributed by atoms with van der Waals surface area (Å²) >= 11 is 5.65. The standard InChI is InChI=1S/C17H26N2S/c1-13(2)15-10-6-7-11-16(15)18-17(20)19-12-8-4-5-9-14(19)3/h6-7,10-11,13-14H,4-5,8-9,12H2,1-3H3,(H,18,20). The van der Waals surface area contributed by atoms with Crippen molar-refractivity contribution in [2.24, 2.45) is 0 Å². The van der Waals surface area contributed by atoms with Gasteiger partial charge in [0.25, 0.3) is 0 Å². The van der Waals surface area contributed by atoms with E-state index in [0.29, 0.717) is 12.0 Å². The Morgan fingerprint density at radius 3 is 2.75 bits per heavy atom. The number of hydrogen-bond acceptors (Lipinski definition) is 1. The second kappa shape index (κ2) is 7.07. The van der Waals surface area contributed by atoms with Gasteiger partial charge in [0.15, 0.2) is 5.11 Å². The fraction of sp³-hybridized carbons (Fsp3) is 0.588. The van der Waals surface area contributed by atoms with E-state index in [4.69, 9.17) is 12.2 Å². The Labute approximate surface area is 128 Å². The molecule has 0 saturated carbocycles. The first-order valence-electron chi connectivity index (χ1n) is 7.76. The van der Waals surface area contributed by atoms with Crippen LogP contribution >= 0.6 is 12.2 Å². The van der Waals surface area contributed by atoms with Gasteiger partial charge in [-0.3, -0.25) is 0 Å². The maximum Gasteiger partial charge on any atom is 0.173 e. The van der Waals surface area contributed by atoms with Crippen molar-refractivity contribution in [3.8, 4) is 0 Å². The van der Waals surface area contributed by atoms with Gasteiger partial charge in [0, 0.05) is 18.3 Å². The lowest BCUT2D eigenvalue weighted by Gasteiger charge is -2.30. The molecule has 2 rings (SSSR count).